The lowest BCUT2D eigenvalue weighted by Crippen LogP contribution is -2.23. The lowest BCUT2D eigenvalue weighted by molar-refractivity contribution is 0.127. The van der Waals surface area contributed by atoms with E-state index in [2.05, 4.69) is 0 Å². The van der Waals surface area contributed by atoms with Gasteiger partial charge in [-0.25, -0.2) is 0 Å². The molecule has 1 aromatic rings. The molecule has 3 nitrogen and oxygen atoms in total. The molecule has 0 aromatic carbocycles. The molecular formula is C7H11NO2. The Morgan fingerprint density at radius 2 is 2.40 bits per heavy atom. The van der Waals surface area contributed by atoms with E-state index in [1.807, 2.05) is 0 Å². The van der Waals surface area contributed by atoms with Crippen LogP contribution in [-0.4, -0.2) is 11.1 Å². The van der Waals surface area contributed by atoms with Crippen LogP contribution in [0.1, 0.15) is 18.8 Å². The minimum Gasteiger partial charge on any atom is -0.467 e. The van der Waals surface area contributed by atoms with Crippen molar-refractivity contribution in [2.45, 2.75) is 19.1 Å². The van der Waals surface area contributed by atoms with Crippen LogP contribution in [0.25, 0.3) is 0 Å². The van der Waals surface area contributed by atoms with E-state index in [1.165, 1.54) is 6.26 Å². The molecule has 2 atom stereocenters. The van der Waals surface area contributed by atoms with Gasteiger partial charge in [-0.3, -0.25) is 0 Å². The number of aliphatic hydroxyl groups is 1. The van der Waals surface area contributed by atoms with Gasteiger partial charge in [-0.2, -0.15) is 0 Å². The lowest BCUT2D eigenvalue weighted by Gasteiger charge is -2.10. The number of nitrogens with two attached hydrogens (primary N) is 1. The first-order valence-electron chi connectivity index (χ1n) is 3.19. The predicted molar refractivity (Wildman–Crippen MR) is 37.3 cm³/mol. The third-order valence-corrected chi connectivity index (χ3v) is 1.33. The zero-order valence-electron chi connectivity index (χ0n) is 5.82. The highest BCUT2D eigenvalue weighted by molar-refractivity contribution is 5.03. The predicted octanol–water partition coefficient (Wildman–Crippen LogP) is 0.660. The topological polar surface area (TPSA) is 59.4 Å². The summed E-state index contributed by atoms with van der Waals surface area (Å²) in [7, 11) is 0. The molecule has 10 heavy (non-hydrogen) atoms. The van der Waals surface area contributed by atoms with Crippen molar-refractivity contribution >= 4 is 0 Å². The quantitative estimate of drug-likeness (QED) is 0.636. The molecule has 0 radical (unpaired) electrons. The fourth-order valence-corrected chi connectivity index (χ4v) is 0.719. The maximum atomic E-state index is 9.27. The SMILES string of the molecule is C[C@H](N)[C@H](O)c1ccco1. The first-order chi connectivity index (χ1) is 4.72. The van der Waals surface area contributed by atoms with E-state index < -0.39 is 6.10 Å². The van der Waals surface area contributed by atoms with Crippen molar-refractivity contribution in [2.24, 2.45) is 5.73 Å². The van der Waals surface area contributed by atoms with Gasteiger partial charge in [0, 0.05) is 6.04 Å². The van der Waals surface area contributed by atoms with Gasteiger partial charge in [0.25, 0.3) is 0 Å². The zero-order chi connectivity index (χ0) is 7.56. The maximum Gasteiger partial charge on any atom is 0.133 e. The fraction of sp³-hybridized carbons (Fsp3) is 0.429. The highest BCUT2D eigenvalue weighted by atomic mass is 16.4. The normalized spacial score (nSPS) is 16.7. The Morgan fingerprint density at radius 1 is 1.70 bits per heavy atom. The molecule has 0 aliphatic rings. The smallest absolute Gasteiger partial charge is 0.133 e. The van der Waals surface area contributed by atoms with Crippen LogP contribution in [-0.2, 0) is 0 Å². The van der Waals surface area contributed by atoms with Crippen LogP contribution >= 0.6 is 0 Å². The second-order valence-electron chi connectivity index (χ2n) is 2.32. The van der Waals surface area contributed by atoms with E-state index in [1.54, 1.807) is 19.1 Å². The summed E-state index contributed by atoms with van der Waals surface area (Å²) in [5, 5.41) is 9.27. The Bertz CT molecular complexity index is 181. The van der Waals surface area contributed by atoms with E-state index >= 15 is 0 Å². The molecule has 0 saturated carbocycles. The first kappa shape index (κ1) is 7.31. The van der Waals surface area contributed by atoms with Crippen molar-refractivity contribution in [2.75, 3.05) is 0 Å². The van der Waals surface area contributed by atoms with Gasteiger partial charge in [0.1, 0.15) is 11.9 Å². The summed E-state index contributed by atoms with van der Waals surface area (Å²) in [5.41, 5.74) is 5.42. The average molecular weight is 141 g/mol. The molecule has 1 aromatic heterocycles. The van der Waals surface area contributed by atoms with Crippen LogP contribution in [0, 0.1) is 0 Å². The lowest BCUT2D eigenvalue weighted by atomic mass is 10.1. The summed E-state index contributed by atoms with van der Waals surface area (Å²) in [6.07, 6.45) is 0.830. The third-order valence-electron chi connectivity index (χ3n) is 1.33. The minimum absolute atomic E-state index is 0.286. The second-order valence-corrected chi connectivity index (χ2v) is 2.32. The van der Waals surface area contributed by atoms with Crippen LogP contribution < -0.4 is 5.73 Å². The van der Waals surface area contributed by atoms with Gasteiger partial charge < -0.3 is 15.3 Å². The number of furan rings is 1. The standard InChI is InChI=1S/C7H11NO2/c1-5(8)7(9)6-3-2-4-10-6/h2-5,7,9H,8H2,1H3/t5-,7-/m0/s1. The second kappa shape index (κ2) is 2.86. The summed E-state index contributed by atoms with van der Waals surface area (Å²) >= 11 is 0. The number of aliphatic hydroxyl groups excluding tert-OH is 1. The largest absolute Gasteiger partial charge is 0.467 e. The molecule has 0 amide bonds. The molecule has 0 spiro atoms. The Labute approximate surface area is 59.5 Å². The fourth-order valence-electron chi connectivity index (χ4n) is 0.719. The minimum atomic E-state index is -0.685. The van der Waals surface area contributed by atoms with Gasteiger partial charge in [-0.1, -0.05) is 0 Å². The highest BCUT2D eigenvalue weighted by Gasteiger charge is 2.13. The van der Waals surface area contributed by atoms with Crippen LogP contribution in [0.3, 0.4) is 0 Å². The van der Waals surface area contributed by atoms with E-state index in [-0.39, 0.29) is 6.04 Å². The highest BCUT2D eigenvalue weighted by Crippen LogP contribution is 2.14. The van der Waals surface area contributed by atoms with Gasteiger partial charge in [-0.15, -0.1) is 0 Å². The van der Waals surface area contributed by atoms with Gasteiger partial charge in [0.15, 0.2) is 0 Å². The molecule has 0 saturated heterocycles. The third kappa shape index (κ3) is 1.37. The Hall–Kier alpha value is -0.800. The first-order valence-corrected chi connectivity index (χ1v) is 3.19. The van der Waals surface area contributed by atoms with Crippen molar-refractivity contribution in [3.8, 4) is 0 Å². The van der Waals surface area contributed by atoms with Crippen LogP contribution in [0.15, 0.2) is 22.8 Å². The van der Waals surface area contributed by atoms with Gasteiger partial charge in [0.2, 0.25) is 0 Å². The van der Waals surface area contributed by atoms with E-state index in [9.17, 15) is 5.11 Å². The maximum absolute atomic E-state index is 9.27. The van der Waals surface area contributed by atoms with Crippen molar-refractivity contribution in [3.63, 3.8) is 0 Å². The van der Waals surface area contributed by atoms with E-state index in [0.717, 1.165) is 0 Å². The summed E-state index contributed by atoms with van der Waals surface area (Å²) in [6.45, 7) is 1.73. The van der Waals surface area contributed by atoms with Gasteiger partial charge in [-0.05, 0) is 19.1 Å². The van der Waals surface area contributed by atoms with Gasteiger partial charge in [0.05, 0.1) is 6.26 Å². The van der Waals surface area contributed by atoms with E-state index in [0.29, 0.717) is 5.76 Å². The molecule has 1 rings (SSSR count). The molecule has 3 heteroatoms. The molecule has 3 N–H and O–H groups in total. The number of hydrogen-bond donors (Lipinski definition) is 2. The Kier molecular flexibility index (Phi) is 2.09. The summed E-state index contributed by atoms with van der Waals surface area (Å²) in [5.74, 6) is 0.523. The number of hydrogen-bond acceptors (Lipinski definition) is 3. The molecule has 0 unspecified atom stereocenters. The van der Waals surface area contributed by atoms with Gasteiger partial charge >= 0.3 is 0 Å². The summed E-state index contributed by atoms with van der Waals surface area (Å²) in [6, 6.07) is 3.14. The Balaban J connectivity index is 2.68. The molecule has 0 aliphatic heterocycles. The zero-order valence-corrected chi connectivity index (χ0v) is 5.82. The van der Waals surface area contributed by atoms with Crippen molar-refractivity contribution in [1.29, 1.82) is 0 Å². The molecule has 56 valence electrons. The molecule has 0 aliphatic carbocycles. The molecule has 0 fully saturated rings. The Morgan fingerprint density at radius 3 is 2.80 bits per heavy atom. The average Bonchev–Trinajstić information content (AvgIpc) is 2.36. The monoisotopic (exact) mass is 141 g/mol. The van der Waals surface area contributed by atoms with Crippen molar-refractivity contribution in [1.82, 2.24) is 0 Å². The summed E-state index contributed by atoms with van der Waals surface area (Å²) in [4.78, 5) is 0. The number of rotatable bonds is 2. The molecule has 0 bridgehead atoms. The van der Waals surface area contributed by atoms with Crippen molar-refractivity contribution < 1.29 is 9.52 Å². The van der Waals surface area contributed by atoms with Crippen LogP contribution in [0.5, 0.6) is 0 Å². The molecular weight excluding hydrogens is 130 g/mol. The van der Waals surface area contributed by atoms with E-state index in [4.69, 9.17) is 10.2 Å². The van der Waals surface area contributed by atoms with Crippen LogP contribution in [0.2, 0.25) is 0 Å². The summed E-state index contributed by atoms with van der Waals surface area (Å²) < 4.78 is 4.93. The van der Waals surface area contributed by atoms with Crippen molar-refractivity contribution in [3.05, 3.63) is 24.2 Å². The molecule has 1 heterocycles. The van der Waals surface area contributed by atoms with Crippen LogP contribution in [0.4, 0.5) is 0 Å².